The number of carbonyl (C=O) groups excluding carboxylic acids is 2. The highest BCUT2D eigenvalue weighted by atomic mass is 16.5. The Bertz CT molecular complexity index is 592. The average Bonchev–Trinajstić information content (AvgIpc) is 2.86. The molecule has 0 unspecified atom stereocenters. The van der Waals surface area contributed by atoms with E-state index in [9.17, 15) is 9.59 Å². The number of esters is 1. The summed E-state index contributed by atoms with van der Waals surface area (Å²) in [7, 11) is 0. The van der Waals surface area contributed by atoms with Crippen molar-refractivity contribution in [1.82, 2.24) is 15.5 Å². The second kappa shape index (κ2) is 5.99. The Balaban J connectivity index is 1.90. The van der Waals surface area contributed by atoms with Gasteiger partial charge in [-0.1, -0.05) is 0 Å². The monoisotopic (exact) mass is 261 g/mol. The summed E-state index contributed by atoms with van der Waals surface area (Å²) in [6.45, 7) is 2.36. The van der Waals surface area contributed by atoms with Crippen molar-refractivity contribution >= 4 is 22.8 Å². The first kappa shape index (κ1) is 13.1. The van der Waals surface area contributed by atoms with Gasteiger partial charge in [0.2, 0.25) is 0 Å². The number of nitrogens with zero attached hydrogens (tertiary/aromatic N) is 1. The van der Waals surface area contributed by atoms with E-state index in [0.717, 1.165) is 10.9 Å². The van der Waals surface area contributed by atoms with E-state index in [-0.39, 0.29) is 24.8 Å². The van der Waals surface area contributed by atoms with Gasteiger partial charge in [0.15, 0.2) is 0 Å². The SMILES string of the molecule is CCOC(=O)CCNC(=O)c1ccc2[nH]ncc2c1. The first-order valence-corrected chi connectivity index (χ1v) is 6.07. The van der Waals surface area contributed by atoms with Crippen LogP contribution in [0.2, 0.25) is 0 Å². The lowest BCUT2D eigenvalue weighted by atomic mass is 10.1. The van der Waals surface area contributed by atoms with Gasteiger partial charge in [0.05, 0.1) is 24.7 Å². The van der Waals surface area contributed by atoms with Gasteiger partial charge in [0, 0.05) is 17.5 Å². The maximum Gasteiger partial charge on any atom is 0.307 e. The molecule has 2 rings (SSSR count). The predicted octanol–water partition coefficient (Wildman–Crippen LogP) is 1.25. The van der Waals surface area contributed by atoms with Crippen LogP contribution in [-0.2, 0) is 9.53 Å². The predicted molar refractivity (Wildman–Crippen MR) is 69.7 cm³/mol. The molecule has 1 aromatic heterocycles. The van der Waals surface area contributed by atoms with Crippen LogP contribution in [0.3, 0.4) is 0 Å². The lowest BCUT2D eigenvalue weighted by Crippen LogP contribution is -2.26. The minimum absolute atomic E-state index is 0.174. The van der Waals surface area contributed by atoms with E-state index < -0.39 is 0 Å². The standard InChI is InChI=1S/C13H15N3O3/c1-2-19-12(17)5-6-14-13(18)9-3-4-11-10(7-9)8-15-16-11/h3-4,7-8H,2,5-6H2,1H3,(H,14,18)(H,15,16). The van der Waals surface area contributed by atoms with Gasteiger partial charge in [-0.3, -0.25) is 14.7 Å². The van der Waals surface area contributed by atoms with Crippen molar-refractivity contribution in [3.05, 3.63) is 30.0 Å². The van der Waals surface area contributed by atoms with Crippen LogP contribution in [0, 0.1) is 0 Å². The number of fused-ring (bicyclic) bond motifs is 1. The second-order valence-electron chi connectivity index (χ2n) is 3.98. The van der Waals surface area contributed by atoms with Crippen LogP contribution < -0.4 is 5.32 Å². The van der Waals surface area contributed by atoms with E-state index in [1.165, 1.54) is 0 Å². The summed E-state index contributed by atoms with van der Waals surface area (Å²) in [6.07, 6.45) is 1.83. The fourth-order valence-electron chi connectivity index (χ4n) is 1.70. The molecule has 0 aliphatic heterocycles. The third-order valence-electron chi connectivity index (χ3n) is 2.62. The van der Waals surface area contributed by atoms with Gasteiger partial charge in [0.1, 0.15) is 0 Å². The zero-order valence-electron chi connectivity index (χ0n) is 10.6. The van der Waals surface area contributed by atoms with Crippen LogP contribution in [-0.4, -0.2) is 35.2 Å². The molecule has 1 aromatic carbocycles. The molecule has 0 fully saturated rings. The molecule has 0 radical (unpaired) electrons. The quantitative estimate of drug-likeness (QED) is 0.793. The molecule has 6 heteroatoms. The van der Waals surface area contributed by atoms with Gasteiger partial charge < -0.3 is 10.1 Å². The molecule has 6 nitrogen and oxygen atoms in total. The minimum atomic E-state index is -0.312. The number of aromatic amines is 1. The Morgan fingerprint density at radius 2 is 2.26 bits per heavy atom. The smallest absolute Gasteiger partial charge is 0.307 e. The molecule has 0 saturated heterocycles. The van der Waals surface area contributed by atoms with Crippen LogP contribution in [0.4, 0.5) is 0 Å². The van der Waals surface area contributed by atoms with E-state index in [1.807, 2.05) is 0 Å². The highest BCUT2D eigenvalue weighted by molar-refractivity contribution is 5.97. The fourth-order valence-corrected chi connectivity index (χ4v) is 1.70. The van der Waals surface area contributed by atoms with E-state index in [0.29, 0.717) is 12.2 Å². The topological polar surface area (TPSA) is 84.1 Å². The number of carbonyl (C=O) groups is 2. The number of amides is 1. The molecule has 19 heavy (non-hydrogen) atoms. The number of rotatable bonds is 5. The van der Waals surface area contributed by atoms with Gasteiger partial charge in [-0.15, -0.1) is 0 Å². The highest BCUT2D eigenvalue weighted by Gasteiger charge is 2.08. The molecule has 0 aliphatic carbocycles. The minimum Gasteiger partial charge on any atom is -0.466 e. The molecule has 2 N–H and O–H groups in total. The van der Waals surface area contributed by atoms with E-state index in [4.69, 9.17) is 4.74 Å². The van der Waals surface area contributed by atoms with Gasteiger partial charge in [-0.2, -0.15) is 5.10 Å². The molecule has 0 atom stereocenters. The number of aromatic nitrogens is 2. The molecular formula is C13H15N3O3. The third-order valence-corrected chi connectivity index (χ3v) is 2.62. The summed E-state index contributed by atoms with van der Waals surface area (Å²) < 4.78 is 4.77. The van der Waals surface area contributed by atoms with Crippen molar-refractivity contribution < 1.29 is 14.3 Å². The van der Waals surface area contributed by atoms with Crippen LogP contribution in [0.1, 0.15) is 23.7 Å². The Hall–Kier alpha value is -2.37. The molecule has 100 valence electrons. The molecule has 0 aliphatic rings. The van der Waals surface area contributed by atoms with Crippen molar-refractivity contribution in [3.8, 4) is 0 Å². The number of hydrogen-bond acceptors (Lipinski definition) is 4. The van der Waals surface area contributed by atoms with Gasteiger partial charge in [-0.25, -0.2) is 0 Å². The summed E-state index contributed by atoms with van der Waals surface area (Å²) in [5.41, 5.74) is 1.42. The summed E-state index contributed by atoms with van der Waals surface area (Å²) in [4.78, 5) is 23.0. The Morgan fingerprint density at radius 1 is 1.42 bits per heavy atom. The van der Waals surface area contributed by atoms with Crippen LogP contribution in [0.25, 0.3) is 10.9 Å². The Kier molecular flexibility index (Phi) is 4.12. The summed E-state index contributed by atoms with van der Waals surface area (Å²) in [6, 6.07) is 5.25. The molecule has 2 aromatic rings. The van der Waals surface area contributed by atoms with Crippen molar-refractivity contribution in [1.29, 1.82) is 0 Å². The van der Waals surface area contributed by atoms with E-state index >= 15 is 0 Å². The fraction of sp³-hybridized carbons (Fsp3) is 0.308. The Morgan fingerprint density at radius 3 is 3.05 bits per heavy atom. The number of hydrogen-bond donors (Lipinski definition) is 2. The zero-order valence-corrected chi connectivity index (χ0v) is 10.6. The van der Waals surface area contributed by atoms with Gasteiger partial charge >= 0.3 is 5.97 Å². The third kappa shape index (κ3) is 3.31. The number of benzene rings is 1. The van der Waals surface area contributed by atoms with Crippen LogP contribution in [0.5, 0.6) is 0 Å². The molecule has 1 heterocycles. The maximum absolute atomic E-state index is 11.9. The van der Waals surface area contributed by atoms with Crippen LogP contribution in [0.15, 0.2) is 24.4 Å². The van der Waals surface area contributed by atoms with Gasteiger partial charge in [-0.05, 0) is 25.1 Å². The first-order valence-electron chi connectivity index (χ1n) is 6.07. The normalized spacial score (nSPS) is 10.4. The zero-order chi connectivity index (χ0) is 13.7. The largest absolute Gasteiger partial charge is 0.466 e. The lowest BCUT2D eigenvalue weighted by Gasteiger charge is -2.05. The second-order valence-corrected chi connectivity index (χ2v) is 3.98. The maximum atomic E-state index is 11.9. The van der Waals surface area contributed by atoms with E-state index in [1.54, 1.807) is 31.3 Å². The average molecular weight is 261 g/mol. The van der Waals surface area contributed by atoms with Crippen molar-refractivity contribution in [2.24, 2.45) is 0 Å². The molecule has 0 bridgehead atoms. The van der Waals surface area contributed by atoms with Crippen molar-refractivity contribution in [3.63, 3.8) is 0 Å². The van der Waals surface area contributed by atoms with Crippen LogP contribution >= 0.6 is 0 Å². The lowest BCUT2D eigenvalue weighted by molar-refractivity contribution is -0.142. The first-order chi connectivity index (χ1) is 9.20. The molecule has 1 amide bonds. The summed E-state index contributed by atoms with van der Waals surface area (Å²) in [5.74, 6) is -0.527. The molecular weight excluding hydrogens is 246 g/mol. The van der Waals surface area contributed by atoms with Crippen molar-refractivity contribution in [2.45, 2.75) is 13.3 Å². The number of ether oxygens (including phenoxy) is 1. The van der Waals surface area contributed by atoms with E-state index in [2.05, 4.69) is 15.5 Å². The number of H-pyrrole nitrogens is 1. The summed E-state index contributed by atoms with van der Waals surface area (Å²) >= 11 is 0. The highest BCUT2D eigenvalue weighted by Crippen LogP contribution is 2.12. The molecule has 0 spiro atoms. The molecule has 0 saturated carbocycles. The number of nitrogens with one attached hydrogen (secondary N) is 2. The Labute approximate surface area is 110 Å². The summed E-state index contributed by atoms with van der Waals surface area (Å²) in [5, 5.41) is 10.3. The van der Waals surface area contributed by atoms with Gasteiger partial charge in [0.25, 0.3) is 5.91 Å². The van der Waals surface area contributed by atoms with Crippen molar-refractivity contribution in [2.75, 3.05) is 13.2 Å².